The number of aromatic amines is 2. The Labute approximate surface area is 196 Å². The van der Waals surface area contributed by atoms with Crippen molar-refractivity contribution in [3.63, 3.8) is 0 Å². The summed E-state index contributed by atoms with van der Waals surface area (Å²) in [7, 11) is 2.90. The highest BCUT2D eigenvalue weighted by Gasteiger charge is 2.21. The summed E-state index contributed by atoms with van der Waals surface area (Å²) < 4.78 is 24.6. The van der Waals surface area contributed by atoms with Crippen molar-refractivity contribution in [2.45, 2.75) is 13.0 Å². The smallest absolute Gasteiger partial charge is 0.437 e. The molecule has 0 fully saturated rings. The van der Waals surface area contributed by atoms with E-state index in [1.165, 1.54) is 31.6 Å². The third kappa shape index (κ3) is 4.03. The van der Waals surface area contributed by atoms with E-state index in [2.05, 4.69) is 40.1 Å². The molecule has 0 bridgehead atoms. The average Bonchev–Trinajstić information content (AvgIpc) is 3.56. The third-order valence-electron chi connectivity index (χ3n) is 5.37. The van der Waals surface area contributed by atoms with Crippen LogP contribution in [0, 0.1) is 5.82 Å². The molecule has 1 atom stereocenters. The number of benzene rings is 1. The molecule has 0 saturated heterocycles. The van der Waals surface area contributed by atoms with Crippen LogP contribution in [0.5, 0.6) is 5.88 Å². The number of imidazole rings is 1. The third-order valence-corrected chi connectivity index (χ3v) is 5.37. The molecule has 5 rings (SSSR count). The molecule has 0 aliphatic rings. The first kappa shape index (κ1) is 22.0. The van der Waals surface area contributed by atoms with E-state index in [-0.39, 0.29) is 17.3 Å². The van der Waals surface area contributed by atoms with E-state index >= 15 is 0 Å². The van der Waals surface area contributed by atoms with Gasteiger partial charge in [0, 0.05) is 18.6 Å². The maximum absolute atomic E-state index is 13.7. The fourth-order valence-corrected chi connectivity index (χ4v) is 3.66. The highest BCUT2D eigenvalue weighted by Crippen LogP contribution is 2.28. The number of aryl methyl sites for hydroxylation is 1. The van der Waals surface area contributed by atoms with Crippen LogP contribution in [0.25, 0.3) is 33.5 Å². The molecule has 0 saturated carbocycles. The molecule has 0 spiro atoms. The fraction of sp³-hybridized carbons (Fsp3) is 0.182. The summed E-state index contributed by atoms with van der Waals surface area (Å²) in [5.41, 5.74) is 2.60. The first-order valence-electron chi connectivity index (χ1n) is 10.4. The van der Waals surface area contributed by atoms with Crippen LogP contribution >= 0.6 is 0 Å². The van der Waals surface area contributed by atoms with E-state index < -0.39 is 18.1 Å². The van der Waals surface area contributed by atoms with Crippen molar-refractivity contribution < 1.29 is 23.5 Å². The number of H-pyrrole nitrogens is 2. The van der Waals surface area contributed by atoms with Gasteiger partial charge in [-0.25, -0.2) is 24.1 Å². The molecule has 1 amide bonds. The molecule has 0 radical (unpaired) electrons. The normalized spacial score (nSPS) is 12.1. The number of amides is 1. The van der Waals surface area contributed by atoms with E-state index in [4.69, 9.17) is 4.74 Å². The summed E-state index contributed by atoms with van der Waals surface area (Å²) in [6.45, 7) is 1.71. The highest BCUT2D eigenvalue weighted by atomic mass is 19.1. The summed E-state index contributed by atoms with van der Waals surface area (Å²) in [6.07, 6.45) is 3.47. The van der Waals surface area contributed by atoms with Gasteiger partial charge in [-0.3, -0.25) is 9.48 Å². The van der Waals surface area contributed by atoms with Gasteiger partial charge in [-0.05, 0) is 25.1 Å². The maximum atomic E-state index is 13.7. The van der Waals surface area contributed by atoms with E-state index in [0.29, 0.717) is 39.3 Å². The fourth-order valence-electron chi connectivity index (χ4n) is 3.66. The molecule has 12 nitrogen and oxygen atoms in total. The van der Waals surface area contributed by atoms with Crippen molar-refractivity contribution in [2.75, 3.05) is 7.11 Å². The molecule has 35 heavy (non-hydrogen) atoms. The predicted octanol–water partition coefficient (Wildman–Crippen LogP) is 3.01. The van der Waals surface area contributed by atoms with Crippen molar-refractivity contribution in [3.8, 4) is 17.3 Å². The molecule has 178 valence electrons. The summed E-state index contributed by atoms with van der Waals surface area (Å²) in [5, 5.41) is 7.99. The molecule has 0 aliphatic carbocycles. The van der Waals surface area contributed by atoms with Gasteiger partial charge in [-0.1, -0.05) is 0 Å². The molecule has 1 aromatic carbocycles. The zero-order valence-corrected chi connectivity index (χ0v) is 18.8. The van der Waals surface area contributed by atoms with Crippen LogP contribution in [0.15, 0.2) is 36.8 Å². The summed E-state index contributed by atoms with van der Waals surface area (Å²) in [4.78, 5) is 43.1. The zero-order chi connectivity index (χ0) is 24.7. The Morgan fingerprint density at radius 3 is 2.86 bits per heavy atom. The Balaban J connectivity index is 1.42. The lowest BCUT2D eigenvalue weighted by atomic mass is 10.1. The summed E-state index contributed by atoms with van der Waals surface area (Å²) in [6, 6.07) is 3.83. The minimum absolute atomic E-state index is 0.0815. The molecule has 13 heteroatoms. The van der Waals surface area contributed by atoms with Gasteiger partial charge in [-0.2, -0.15) is 5.10 Å². The Morgan fingerprint density at radius 1 is 1.23 bits per heavy atom. The molecule has 3 N–H and O–H groups in total. The second-order valence-electron chi connectivity index (χ2n) is 7.67. The van der Waals surface area contributed by atoms with Gasteiger partial charge in [0.15, 0.2) is 5.65 Å². The lowest BCUT2D eigenvalue weighted by Gasteiger charge is -2.11. The molecule has 4 aromatic heterocycles. The quantitative estimate of drug-likeness (QED) is 0.326. The molecule has 5 aromatic rings. The summed E-state index contributed by atoms with van der Waals surface area (Å²) in [5.74, 6) is -0.336. The second-order valence-corrected chi connectivity index (χ2v) is 7.67. The van der Waals surface area contributed by atoms with Crippen molar-refractivity contribution in [1.82, 2.24) is 40.0 Å². The number of halogens is 1. The maximum Gasteiger partial charge on any atom is 0.514 e. The number of hydrogen-bond acceptors (Lipinski definition) is 8. The number of ether oxygens (including phenoxy) is 2. The minimum atomic E-state index is -0.893. The number of methoxy groups -OCH3 is 1. The number of carbonyl (C=O) groups is 2. The first-order valence-corrected chi connectivity index (χ1v) is 10.4. The molecule has 4 heterocycles. The van der Waals surface area contributed by atoms with Crippen molar-refractivity contribution in [3.05, 3.63) is 54.0 Å². The van der Waals surface area contributed by atoms with E-state index in [0.717, 1.165) is 0 Å². The van der Waals surface area contributed by atoms with Crippen LogP contribution in [-0.2, 0) is 11.8 Å². The van der Waals surface area contributed by atoms with Crippen molar-refractivity contribution in [2.24, 2.45) is 7.05 Å². The number of hydrogen-bond donors (Lipinski definition) is 3. The Kier molecular flexibility index (Phi) is 5.35. The molecular weight excluding hydrogens is 459 g/mol. The Hall–Kier alpha value is -4.81. The van der Waals surface area contributed by atoms with Crippen LogP contribution < -0.4 is 10.1 Å². The highest BCUT2D eigenvalue weighted by molar-refractivity contribution is 6.05. The van der Waals surface area contributed by atoms with Crippen LogP contribution in [0.4, 0.5) is 9.18 Å². The number of fused-ring (bicyclic) bond motifs is 2. The standard InChI is InChI=1S/C22H19FN8O4/c1-10(19-26-9-16(29-19)35-22(33)34-3)27-21(32)13-7-24-20-18(13)28-14(8-25-20)17-12-5-4-11(23)6-15(12)31(2)30-17/h4-10H,1-3H3,(H,24,25)(H,26,29)(H,27,32)/t10-/m0/s1. The second kappa shape index (κ2) is 8.52. The van der Waals surface area contributed by atoms with Gasteiger partial charge >= 0.3 is 6.16 Å². The van der Waals surface area contributed by atoms with Crippen molar-refractivity contribution in [1.29, 1.82) is 0 Å². The van der Waals surface area contributed by atoms with Gasteiger partial charge in [-0.15, -0.1) is 0 Å². The van der Waals surface area contributed by atoms with Gasteiger partial charge in [0.1, 0.15) is 28.5 Å². The number of nitrogens with zero attached hydrogens (tertiary/aromatic N) is 5. The monoisotopic (exact) mass is 478 g/mol. The molecular formula is C22H19FN8O4. The number of rotatable bonds is 5. The van der Waals surface area contributed by atoms with Gasteiger partial charge < -0.3 is 24.8 Å². The van der Waals surface area contributed by atoms with Gasteiger partial charge in [0.25, 0.3) is 5.91 Å². The number of carbonyl (C=O) groups excluding carboxylic acids is 2. The number of nitrogens with one attached hydrogen (secondary N) is 3. The van der Waals surface area contributed by atoms with Gasteiger partial charge in [0.2, 0.25) is 5.88 Å². The zero-order valence-electron chi connectivity index (χ0n) is 18.8. The largest absolute Gasteiger partial charge is 0.514 e. The van der Waals surface area contributed by atoms with Crippen LogP contribution in [0.2, 0.25) is 0 Å². The minimum Gasteiger partial charge on any atom is -0.437 e. The molecule has 0 unspecified atom stereocenters. The number of aromatic nitrogens is 7. The predicted molar refractivity (Wildman–Crippen MR) is 121 cm³/mol. The van der Waals surface area contributed by atoms with Crippen LogP contribution in [0.3, 0.4) is 0 Å². The van der Waals surface area contributed by atoms with E-state index in [9.17, 15) is 14.0 Å². The summed E-state index contributed by atoms with van der Waals surface area (Å²) >= 11 is 0. The van der Waals surface area contributed by atoms with Crippen molar-refractivity contribution >= 4 is 34.1 Å². The lowest BCUT2D eigenvalue weighted by Crippen LogP contribution is -2.27. The van der Waals surface area contributed by atoms with Crippen LogP contribution in [0.1, 0.15) is 29.1 Å². The average molecular weight is 478 g/mol. The topological polar surface area (TPSA) is 153 Å². The van der Waals surface area contributed by atoms with E-state index in [1.807, 2.05) is 0 Å². The molecule has 0 aliphatic heterocycles. The SMILES string of the molecule is COC(=O)Oc1cnc([C@H](C)NC(=O)c2c[nH]c3ncc(-c4nn(C)c5cc(F)ccc45)nc23)[nH]1. The first-order chi connectivity index (χ1) is 16.8. The Bertz CT molecular complexity index is 1590. The van der Waals surface area contributed by atoms with E-state index in [1.54, 1.807) is 30.9 Å². The Morgan fingerprint density at radius 2 is 2.06 bits per heavy atom. The van der Waals surface area contributed by atoms with Gasteiger partial charge in [0.05, 0.1) is 36.6 Å². The lowest BCUT2D eigenvalue weighted by molar-refractivity contribution is 0.0939. The van der Waals surface area contributed by atoms with Crippen LogP contribution in [-0.4, -0.2) is 53.9 Å².